The SMILES string of the molecule is Cc1cc(CN(C)C)nc2ccccc12. The van der Waals surface area contributed by atoms with Crippen LogP contribution in [-0.2, 0) is 6.54 Å². The van der Waals surface area contributed by atoms with Gasteiger partial charge >= 0.3 is 0 Å². The molecule has 0 fully saturated rings. The molecule has 0 unspecified atom stereocenters. The van der Waals surface area contributed by atoms with Crippen LogP contribution >= 0.6 is 0 Å². The molecule has 0 radical (unpaired) electrons. The van der Waals surface area contributed by atoms with Crippen molar-refractivity contribution in [2.45, 2.75) is 13.5 Å². The van der Waals surface area contributed by atoms with Crippen molar-refractivity contribution in [3.8, 4) is 0 Å². The van der Waals surface area contributed by atoms with Gasteiger partial charge in [-0.05, 0) is 38.7 Å². The summed E-state index contributed by atoms with van der Waals surface area (Å²) >= 11 is 0. The Balaban J connectivity index is 2.52. The highest BCUT2D eigenvalue weighted by Gasteiger charge is 2.02. The van der Waals surface area contributed by atoms with E-state index < -0.39 is 0 Å². The molecule has 2 rings (SSSR count). The molecule has 0 aliphatic rings. The highest BCUT2D eigenvalue weighted by Crippen LogP contribution is 2.17. The van der Waals surface area contributed by atoms with Gasteiger partial charge < -0.3 is 4.90 Å². The number of nitrogens with zero attached hydrogens (tertiary/aromatic N) is 2. The molecule has 1 aromatic heterocycles. The average Bonchev–Trinajstić information content (AvgIpc) is 2.16. The van der Waals surface area contributed by atoms with Crippen LogP contribution in [0.5, 0.6) is 0 Å². The number of hydrogen-bond donors (Lipinski definition) is 0. The second-order valence-corrected chi connectivity index (χ2v) is 4.19. The zero-order valence-corrected chi connectivity index (χ0v) is 9.49. The molecule has 2 aromatic rings. The second kappa shape index (κ2) is 3.99. The van der Waals surface area contributed by atoms with Gasteiger partial charge in [0, 0.05) is 11.9 Å². The fraction of sp³-hybridized carbons (Fsp3) is 0.308. The maximum absolute atomic E-state index is 4.63. The van der Waals surface area contributed by atoms with Gasteiger partial charge in [0.15, 0.2) is 0 Å². The monoisotopic (exact) mass is 200 g/mol. The lowest BCUT2D eigenvalue weighted by atomic mass is 10.1. The average molecular weight is 200 g/mol. The molecule has 1 aromatic carbocycles. The van der Waals surface area contributed by atoms with Gasteiger partial charge in [0.05, 0.1) is 11.2 Å². The first kappa shape index (κ1) is 10.1. The van der Waals surface area contributed by atoms with E-state index >= 15 is 0 Å². The van der Waals surface area contributed by atoms with Crippen molar-refractivity contribution in [2.75, 3.05) is 14.1 Å². The molecule has 2 heteroatoms. The molecule has 0 aliphatic carbocycles. The minimum absolute atomic E-state index is 0.895. The third-order valence-electron chi connectivity index (χ3n) is 2.45. The number of pyridine rings is 1. The Labute approximate surface area is 90.6 Å². The van der Waals surface area contributed by atoms with E-state index in [2.05, 4.69) is 55.2 Å². The van der Waals surface area contributed by atoms with E-state index in [0.717, 1.165) is 17.8 Å². The Morgan fingerprint density at radius 2 is 1.93 bits per heavy atom. The normalized spacial score (nSPS) is 11.2. The van der Waals surface area contributed by atoms with Crippen LogP contribution in [0.15, 0.2) is 30.3 Å². The molecule has 0 spiro atoms. The second-order valence-electron chi connectivity index (χ2n) is 4.19. The van der Waals surface area contributed by atoms with Crippen LogP contribution in [0.2, 0.25) is 0 Å². The van der Waals surface area contributed by atoms with Crippen LogP contribution in [0.25, 0.3) is 10.9 Å². The van der Waals surface area contributed by atoms with Gasteiger partial charge in [-0.15, -0.1) is 0 Å². The lowest BCUT2D eigenvalue weighted by Gasteiger charge is -2.10. The Kier molecular flexibility index (Phi) is 2.69. The van der Waals surface area contributed by atoms with Gasteiger partial charge in [-0.2, -0.15) is 0 Å². The molecule has 0 saturated heterocycles. The first-order valence-electron chi connectivity index (χ1n) is 5.17. The third kappa shape index (κ3) is 2.16. The highest BCUT2D eigenvalue weighted by molar-refractivity contribution is 5.81. The van der Waals surface area contributed by atoms with Gasteiger partial charge in [0.25, 0.3) is 0 Å². The molecule has 78 valence electrons. The number of aryl methyl sites for hydroxylation is 1. The van der Waals surface area contributed by atoms with Crippen LogP contribution in [0.4, 0.5) is 0 Å². The van der Waals surface area contributed by atoms with Crippen molar-refractivity contribution in [3.63, 3.8) is 0 Å². The number of rotatable bonds is 2. The van der Waals surface area contributed by atoms with Crippen LogP contribution in [0.3, 0.4) is 0 Å². The van der Waals surface area contributed by atoms with Gasteiger partial charge in [-0.25, -0.2) is 0 Å². The van der Waals surface area contributed by atoms with E-state index in [-0.39, 0.29) is 0 Å². The van der Waals surface area contributed by atoms with Gasteiger partial charge in [-0.1, -0.05) is 18.2 Å². The molecule has 1 heterocycles. The smallest absolute Gasteiger partial charge is 0.0708 e. The summed E-state index contributed by atoms with van der Waals surface area (Å²) in [7, 11) is 4.12. The predicted molar refractivity (Wildman–Crippen MR) is 63.9 cm³/mol. The van der Waals surface area contributed by atoms with Crippen molar-refractivity contribution in [2.24, 2.45) is 0 Å². The maximum atomic E-state index is 4.63. The highest BCUT2D eigenvalue weighted by atomic mass is 15.1. The van der Waals surface area contributed by atoms with Crippen LogP contribution < -0.4 is 0 Å². The fourth-order valence-electron chi connectivity index (χ4n) is 1.82. The molecule has 0 aliphatic heterocycles. The summed E-state index contributed by atoms with van der Waals surface area (Å²) in [6, 6.07) is 10.5. The summed E-state index contributed by atoms with van der Waals surface area (Å²) in [6.45, 7) is 3.04. The Bertz CT molecular complexity index is 475. The van der Waals surface area contributed by atoms with Crippen LogP contribution in [0.1, 0.15) is 11.3 Å². The molecule has 0 bridgehead atoms. The maximum Gasteiger partial charge on any atom is 0.0708 e. The number of aromatic nitrogens is 1. The van der Waals surface area contributed by atoms with Gasteiger partial charge in [-0.3, -0.25) is 4.98 Å². The molecular weight excluding hydrogens is 184 g/mol. The largest absolute Gasteiger partial charge is 0.304 e. The summed E-state index contributed by atoms with van der Waals surface area (Å²) in [5, 5.41) is 1.25. The van der Waals surface area contributed by atoms with Crippen LogP contribution in [-0.4, -0.2) is 24.0 Å². The lowest BCUT2D eigenvalue weighted by Crippen LogP contribution is -2.12. The number of hydrogen-bond acceptors (Lipinski definition) is 2. The van der Waals surface area contributed by atoms with E-state index in [0.29, 0.717) is 0 Å². The zero-order valence-electron chi connectivity index (χ0n) is 9.49. The molecule has 2 nitrogen and oxygen atoms in total. The Hall–Kier alpha value is -1.41. The Morgan fingerprint density at radius 1 is 1.20 bits per heavy atom. The molecule has 0 saturated carbocycles. The number of benzene rings is 1. The summed E-state index contributed by atoms with van der Waals surface area (Å²) < 4.78 is 0. The van der Waals surface area contributed by atoms with E-state index in [1.54, 1.807) is 0 Å². The third-order valence-corrected chi connectivity index (χ3v) is 2.45. The standard InChI is InChI=1S/C13H16N2/c1-10-8-11(9-15(2)3)14-13-7-5-4-6-12(10)13/h4-8H,9H2,1-3H3. The topological polar surface area (TPSA) is 16.1 Å². The first-order chi connectivity index (χ1) is 7.16. The minimum atomic E-state index is 0.895. The molecule has 15 heavy (non-hydrogen) atoms. The van der Waals surface area contributed by atoms with Crippen molar-refractivity contribution in [3.05, 3.63) is 41.6 Å². The van der Waals surface area contributed by atoms with Crippen molar-refractivity contribution < 1.29 is 0 Å². The predicted octanol–water partition coefficient (Wildman–Crippen LogP) is 2.60. The summed E-state index contributed by atoms with van der Waals surface area (Å²) in [6.07, 6.45) is 0. The number of fused-ring (bicyclic) bond motifs is 1. The molecule has 0 N–H and O–H groups in total. The van der Waals surface area contributed by atoms with E-state index in [9.17, 15) is 0 Å². The van der Waals surface area contributed by atoms with E-state index in [4.69, 9.17) is 0 Å². The summed E-state index contributed by atoms with van der Waals surface area (Å²) in [5.74, 6) is 0. The fourth-order valence-corrected chi connectivity index (χ4v) is 1.82. The van der Waals surface area contributed by atoms with Crippen LogP contribution in [0, 0.1) is 6.92 Å². The summed E-state index contributed by atoms with van der Waals surface area (Å²) in [4.78, 5) is 6.77. The van der Waals surface area contributed by atoms with Gasteiger partial charge in [0.1, 0.15) is 0 Å². The summed E-state index contributed by atoms with van der Waals surface area (Å²) in [5.41, 5.74) is 3.53. The quantitative estimate of drug-likeness (QED) is 0.740. The zero-order chi connectivity index (χ0) is 10.8. The Morgan fingerprint density at radius 3 is 2.67 bits per heavy atom. The molecule has 0 amide bonds. The van der Waals surface area contributed by atoms with Crippen molar-refractivity contribution in [1.82, 2.24) is 9.88 Å². The van der Waals surface area contributed by atoms with Gasteiger partial charge in [0.2, 0.25) is 0 Å². The van der Waals surface area contributed by atoms with E-state index in [1.807, 2.05) is 6.07 Å². The first-order valence-corrected chi connectivity index (χ1v) is 5.17. The van der Waals surface area contributed by atoms with Crippen molar-refractivity contribution >= 4 is 10.9 Å². The molecular formula is C13H16N2. The minimum Gasteiger partial charge on any atom is -0.304 e. The number of para-hydroxylation sites is 1. The molecule has 0 atom stereocenters. The van der Waals surface area contributed by atoms with Crippen molar-refractivity contribution in [1.29, 1.82) is 0 Å². The lowest BCUT2D eigenvalue weighted by molar-refractivity contribution is 0.397. The van der Waals surface area contributed by atoms with E-state index in [1.165, 1.54) is 10.9 Å².